The molecule has 4 aliphatic carbocycles. The zero-order chi connectivity index (χ0) is 15.9. The molecule has 0 aromatic carbocycles. The van der Waals surface area contributed by atoms with Gasteiger partial charge in [-0.25, -0.2) is 4.98 Å². The number of nitrogens with one attached hydrogen (secondary N) is 2. The molecule has 23 heavy (non-hydrogen) atoms. The summed E-state index contributed by atoms with van der Waals surface area (Å²) in [5.74, 6) is 4.79. The summed E-state index contributed by atoms with van der Waals surface area (Å²) >= 11 is 0. The highest BCUT2D eigenvalue weighted by molar-refractivity contribution is 5.79. The molecule has 2 N–H and O–H groups in total. The monoisotopic (exact) mass is 316 g/mol. The van der Waals surface area contributed by atoms with Gasteiger partial charge in [0.1, 0.15) is 12.2 Å². The van der Waals surface area contributed by atoms with Crippen molar-refractivity contribution in [2.75, 3.05) is 13.6 Å². The van der Waals surface area contributed by atoms with Crippen LogP contribution in [0.3, 0.4) is 0 Å². The fraction of sp³-hybridized carbons (Fsp3) is 0.824. The van der Waals surface area contributed by atoms with Gasteiger partial charge in [0, 0.05) is 20.6 Å². The second-order valence-corrected chi connectivity index (χ2v) is 8.00. The molecule has 1 heterocycles. The Morgan fingerprint density at radius 3 is 2.39 bits per heavy atom. The van der Waals surface area contributed by atoms with Crippen molar-refractivity contribution < 1.29 is 0 Å². The number of rotatable bonds is 4. The summed E-state index contributed by atoms with van der Waals surface area (Å²) in [6.45, 7) is 1.71. The first-order valence-corrected chi connectivity index (χ1v) is 8.93. The normalized spacial score (nSPS) is 35.6. The van der Waals surface area contributed by atoms with E-state index in [0.29, 0.717) is 12.0 Å². The lowest BCUT2D eigenvalue weighted by atomic mass is 9.49. The molecule has 6 nitrogen and oxygen atoms in total. The summed E-state index contributed by atoms with van der Waals surface area (Å²) in [6.07, 6.45) is 10.3. The molecule has 0 atom stereocenters. The Kier molecular flexibility index (Phi) is 3.77. The van der Waals surface area contributed by atoms with Crippen molar-refractivity contribution in [3.8, 4) is 0 Å². The molecule has 4 bridgehead atoms. The number of aromatic nitrogens is 3. The number of guanidine groups is 1. The zero-order valence-electron chi connectivity index (χ0n) is 14.3. The van der Waals surface area contributed by atoms with Crippen LogP contribution < -0.4 is 10.6 Å². The zero-order valence-corrected chi connectivity index (χ0v) is 14.3. The number of nitrogens with zero attached hydrogens (tertiary/aromatic N) is 4. The lowest BCUT2D eigenvalue weighted by Gasteiger charge is -2.57. The van der Waals surface area contributed by atoms with Crippen molar-refractivity contribution in [1.82, 2.24) is 25.4 Å². The smallest absolute Gasteiger partial charge is 0.191 e. The summed E-state index contributed by atoms with van der Waals surface area (Å²) in [5, 5.41) is 11.0. The predicted molar refractivity (Wildman–Crippen MR) is 89.8 cm³/mol. The highest BCUT2D eigenvalue weighted by atomic mass is 15.3. The van der Waals surface area contributed by atoms with Crippen molar-refractivity contribution in [3.63, 3.8) is 0 Å². The van der Waals surface area contributed by atoms with E-state index in [1.165, 1.54) is 38.5 Å². The molecule has 0 amide bonds. The van der Waals surface area contributed by atoms with Gasteiger partial charge in [-0.3, -0.25) is 9.67 Å². The third-order valence-corrected chi connectivity index (χ3v) is 6.24. The van der Waals surface area contributed by atoms with Crippen LogP contribution in [0.15, 0.2) is 11.3 Å². The van der Waals surface area contributed by atoms with E-state index in [1.54, 1.807) is 11.0 Å². The number of hydrogen-bond donors (Lipinski definition) is 2. The summed E-state index contributed by atoms with van der Waals surface area (Å²) in [4.78, 5) is 8.61. The minimum atomic E-state index is 0.525. The standard InChI is InChI=1S/C17H28N6/c1-18-16(19-9-15-21-11-22-23(15)2)20-10-17-6-12-3-13(7-17)5-14(4-12)8-17/h11-14H,3-10H2,1-2H3,(H2,18,19,20). The average Bonchev–Trinajstić information content (AvgIpc) is 2.91. The Morgan fingerprint density at radius 2 is 1.87 bits per heavy atom. The second-order valence-electron chi connectivity index (χ2n) is 8.00. The van der Waals surface area contributed by atoms with Crippen molar-refractivity contribution in [1.29, 1.82) is 0 Å². The first-order valence-electron chi connectivity index (χ1n) is 8.93. The Morgan fingerprint density at radius 1 is 1.22 bits per heavy atom. The van der Waals surface area contributed by atoms with E-state index < -0.39 is 0 Å². The van der Waals surface area contributed by atoms with Crippen molar-refractivity contribution in [2.24, 2.45) is 35.2 Å². The quantitative estimate of drug-likeness (QED) is 0.655. The summed E-state index contributed by atoms with van der Waals surface area (Å²) in [7, 11) is 3.75. The Balaban J connectivity index is 1.33. The molecule has 126 valence electrons. The van der Waals surface area contributed by atoms with Gasteiger partial charge in [0.25, 0.3) is 0 Å². The maximum absolute atomic E-state index is 4.37. The molecule has 1 aromatic rings. The van der Waals surface area contributed by atoms with Crippen LogP contribution in [-0.2, 0) is 13.6 Å². The van der Waals surface area contributed by atoms with Gasteiger partial charge in [-0.05, 0) is 61.7 Å². The van der Waals surface area contributed by atoms with Crippen LogP contribution in [0.25, 0.3) is 0 Å². The van der Waals surface area contributed by atoms with Gasteiger partial charge < -0.3 is 10.6 Å². The molecule has 1 aromatic heterocycles. The third-order valence-electron chi connectivity index (χ3n) is 6.24. The van der Waals surface area contributed by atoms with E-state index in [1.807, 2.05) is 14.1 Å². The lowest BCUT2D eigenvalue weighted by molar-refractivity contribution is -0.0492. The number of aryl methyl sites for hydroxylation is 1. The van der Waals surface area contributed by atoms with Crippen LogP contribution in [0.2, 0.25) is 0 Å². The van der Waals surface area contributed by atoms with Crippen LogP contribution in [0.5, 0.6) is 0 Å². The molecular weight excluding hydrogens is 288 g/mol. The minimum absolute atomic E-state index is 0.525. The van der Waals surface area contributed by atoms with E-state index in [0.717, 1.165) is 36.1 Å². The number of aliphatic imine (C=N–C) groups is 1. The Bertz CT molecular complexity index is 554. The number of hydrogen-bond acceptors (Lipinski definition) is 3. The van der Waals surface area contributed by atoms with Crippen molar-refractivity contribution >= 4 is 5.96 Å². The largest absolute Gasteiger partial charge is 0.356 e. The highest BCUT2D eigenvalue weighted by Crippen LogP contribution is 2.59. The third kappa shape index (κ3) is 2.95. The van der Waals surface area contributed by atoms with Gasteiger partial charge >= 0.3 is 0 Å². The Hall–Kier alpha value is -1.59. The molecule has 0 radical (unpaired) electrons. The molecule has 4 fully saturated rings. The van der Waals surface area contributed by atoms with Crippen LogP contribution in [0.1, 0.15) is 44.3 Å². The molecule has 4 saturated carbocycles. The topological polar surface area (TPSA) is 67.1 Å². The van der Waals surface area contributed by atoms with E-state index in [9.17, 15) is 0 Å². The predicted octanol–water partition coefficient (Wildman–Crippen LogP) is 1.70. The van der Waals surface area contributed by atoms with Crippen LogP contribution >= 0.6 is 0 Å². The minimum Gasteiger partial charge on any atom is -0.356 e. The lowest BCUT2D eigenvalue weighted by Crippen LogP contribution is -2.52. The summed E-state index contributed by atoms with van der Waals surface area (Å²) < 4.78 is 1.79. The summed E-state index contributed by atoms with van der Waals surface area (Å²) in [6, 6.07) is 0. The highest BCUT2D eigenvalue weighted by Gasteiger charge is 2.50. The molecule has 0 aliphatic heterocycles. The first kappa shape index (κ1) is 15.0. The molecule has 6 heteroatoms. The molecule has 5 rings (SSSR count). The average molecular weight is 316 g/mol. The second kappa shape index (κ2) is 5.80. The summed E-state index contributed by atoms with van der Waals surface area (Å²) in [5.41, 5.74) is 0.525. The van der Waals surface area contributed by atoms with E-state index in [2.05, 4.69) is 25.7 Å². The van der Waals surface area contributed by atoms with Crippen molar-refractivity contribution in [2.45, 2.75) is 45.1 Å². The molecular formula is C17H28N6. The molecule has 0 unspecified atom stereocenters. The van der Waals surface area contributed by atoms with E-state index in [4.69, 9.17) is 0 Å². The van der Waals surface area contributed by atoms with Gasteiger partial charge in [0.15, 0.2) is 5.96 Å². The molecule has 4 aliphatic rings. The van der Waals surface area contributed by atoms with E-state index in [-0.39, 0.29) is 0 Å². The molecule has 0 spiro atoms. The fourth-order valence-corrected chi connectivity index (χ4v) is 5.64. The van der Waals surface area contributed by atoms with Gasteiger partial charge in [0.05, 0.1) is 6.54 Å². The van der Waals surface area contributed by atoms with Crippen molar-refractivity contribution in [3.05, 3.63) is 12.2 Å². The maximum Gasteiger partial charge on any atom is 0.191 e. The van der Waals surface area contributed by atoms with Gasteiger partial charge in [-0.15, -0.1) is 0 Å². The Labute approximate surface area is 138 Å². The van der Waals surface area contributed by atoms with Crippen LogP contribution in [-0.4, -0.2) is 34.3 Å². The van der Waals surface area contributed by atoms with Gasteiger partial charge in [-0.2, -0.15) is 5.10 Å². The first-order chi connectivity index (χ1) is 11.2. The molecule has 0 saturated heterocycles. The van der Waals surface area contributed by atoms with Crippen LogP contribution in [0, 0.1) is 23.2 Å². The SMILES string of the molecule is CN=C(NCc1ncnn1C)NCC12CC3CC(CC(C3)C1)C2. The maximum atomic E-state index is 4.37. The van der Waals surface area contributed by atoms with E-state index >= 15 is 0 Å². The van der Waals surface area contributed by atoms with Gasteiger partial charge in [0.2, 0.25) is 0 Å². The fourth-order valence-electron chi connectivity index (χ4n) is 5.64. The van der Waals surface area contributed by atoms with Crippen LogP contribution in [0.4, 0.5) is 0 Å². The van der Waals surface area contributed by atoms with Gasteiger partial charge in [-0.1, -0.05) is 0 Å².